The first kappa shape index (κ1) is 18.3. The molecule has 0 bridgehead atoms. The molecule has 0 spiro atoms. The molecule has 0 saturated carbocycles. The molecule has 1 heterocycles. The van der Waals surface area contributed by atoms with Gasteiger partial charge in [0.25, 0.3) is 5.91 Å². The van der Waals surface area contributed by atoms with Gasteiger partial charge in [0, 0.05) is 5.56 Å². The number of aromatic amines is 1. The second-order valence-electron chi connectivity index (χ2n) is 5.66. The highest BCUT2D eigenvalue weighted by atomic mass is 35.5. The van der Waals surface area contributed by atoms with Crippen LogP contribution in [-0.2, 0) is 0 Å². The highest BCUT2D eigenvalue weighted by Crippen LogP contribution is 2.30. The van der Waals surface area contributed by atoms with Gasteiger partial charge >= 0.3 is 0 Å². The molecule has 0 aliphatic heterocycles. The summed E-state index contributed by atoms with van der Waals surface area (Å²) in [7, 11) is 1.54. The second kappa shape index (κ2) is 8.17. The minimum Gasteiger partial charge on any atom is -0.495 e. The van der Waals surface area contributed by atoms with E-state index in [9.17, 15) is 9.90 Å². The van der Waals surface area contributed by atoms with Crippen molar-refractivity contribution in [2.45, 2.75) is 26.3 Å². The summed E-state index contributed by atoms with van der Waals surface area (Å²) in [6, 6.07) is 4.94. The molecule has 1 amide bonds. The monoisotopic (exact) mass is 351 g/mol. The Morgan fingerprint density at radius 2 is 2.25 bits per heavy atom. The van der Waals surface area contributed by atoms with Crippen LogP contribution in [0.5, 0.6) is 5.75 Å². The Morgan fingerprint density at radius 3 is 2.83 bits per heavy atom. The molecular weight excluding hydrogens is 330 g/mol. The van der Waals surface area contributed by atoms with Crippen LogP contribution in [0.4, 0.5) is 0 Å². The molecule has 0 fully saturated rings. The number of benzene rings is 1. The lowest BCUT2D eigenvalue weighted by Crippen LogP contribution is -2.41. The van der Waals surface area contributed by atoms with Crippen molar-refractivity contribution in [3.05, 3.63) is 35.0 Å². The Kier molecular flexibility index (Phi) is 6.23. The molecule has 1 aromatic carbocycles. The normalized spacial score (nSPS) is 13.4. The molecule has 0 aliphatic carbocycles. The van der Waals surface area contributed by atoms with Crippen LogP contribution in [0.2, 0.25) is 5.02 Å². The molecule has 0 aliphatic rings. The first-order chi connectivity index (χ1) is 11.5. The van der Waals surface area contributed by atoms with Gasteiger partial charge in [-0.25, -0.2) is 0 Å². The SMILES string of the molecule is CC[C@@H](C)[C@@H](CO)NC(=O)c1cn[nH]c1-c1ccc(OC)c(Cl)c1. The molecule has 0 radical (unpaired) electrons. The fourth-order valence-electron chi connectivity index (χ4n) is 2.40. The summed E-state index contributed by atoms with van der Waals surface area (Å²) >= 11 is 6.15. The van der Waals surface area contributed by atoms with E-state index in [2.05, 4.69) is 15.5 Å². The molecule has 2 aromatic rings. The largest absolute Gasteiger partial charge is 0.495 e. The van der Waals surface area contributed by atoms with Gasteiger partial charge < -0.3 is 15.2 Å². The van der Waals surface area contributed by atoms with Gasteiger partial charge in [0.05, 0.1) is 42.2 Å². The molecule has 7 heteroatoms. The van der Waals surface area contributed by atoms with Crippen LogP contribution in [0.25, 0.3) is 11.3 Å². The first-order valence-corrected chi connectivity index (χ1v) is 8.18. The molecule has 1 aromatic heterocycles. The lowest BCUT2D eigenvalue weighted by Gasteiger charge is -2.22. The van der Waals surface area contributed by atoms with Gasteiger partial charge in [0.15, 0.2) is 0 Å². The van der Waals surface area contributed by atoms with Gasteiger partial charge in [-0.3, -0.25) is 9.89 Å². The van der Waals surface area contributed by atoms with E-state index in [4.69, 9.17) is 16.3 Å². The number of aliphatic hydroxyl groups excluding tert-OH is 1. The molecule has 2 atom stereocenters. The van der Waals surface area contributed by atoms with Crippen LogP contribution < -0.4 is 10.1 Å². The third-order valence-electron chi connectivity index (χ3n) is 4.17. The summed E-state index contributed by atoms with van der Waals surface area (Å²) in [4.78, 5) is 12.6. The number of aliphatic hydroxyl groups is 1. The standard InChI is InChI=1S/C17H22ClN3O3/c1-4-10(2)14(9-22)20-17(23)12-8-19-21-16(12)11-5-6-15(24-3)13(18)7-11/h5-8,10,14,22H,4,9H2,1-3H3,(H,19,21)(H,20,23)/t10-,14-/m1/s1. The fraction of sp³-hybridized carbons (Fsp3) is 0.412. The van der Waals surface area contributed by atoms with Gasteiger partial charge in [0.2, 0.25) is 0 Å². The number of ether oxygens (including phenoxy) is 1. The molecule has 24 heavy (non-hydrogen) atoms. The number of methoxy groups -OCH3 is 1. The zero-order valence-corrected chi connectivity index (χ0v) is 14.7. The van der Waals surface area contributed by atoms with Crippen LogP contribution in [-0.4, -0.2) is 41.0 Å². The predicted octanol–water partition coefficient (Wildman–Crippen LogP) is 2.88. The second-order valence-corrected chi connectivity index (χ2v) is 6.06. The maximum absolute atomic E-state index is 12.6. The number of carbonyl (C=O) groups excluding carboxylic acids is 1. The van der Waals surface area contributed by atoms with Crippen molar-refractivity contribution in [2.75, 3.05) is 13.7 Å². The fourth-order valence-corrected chi connectivity index (χ4v) is 2.66. The Morgan fingerprint density at radius 1 is 1.50 bits per heavy atom. The van der Waals surface area contributed by atoms with Crippen LogP contribution in [0.1, 0.15) is 30.6 Å². The molecule has 0 saturated heterocycles. The number of hydrogen-bond donors (Lipinski definition) is 3. The lowest BCUT2D eigenvalue weighted by molar-refractivity contribution is 0.0892. The zero-order valence-electron chi connectivity index (χ0n) is 14.0. The average molecular weight is 352 g/mol. The van der Waals surface area contributed by atoms with Gasteiger partial charge in [-0.15, -0.1) is 0 Å². The van der Waals surface area contributed by atoms with Crippen LogP contribution in [0.3, 0.4) is 0 Å². The lowest BCUT2D eigenvalue weighted by atomic mass is 9.99. The Bertz CT molecular complexity index is 702. The molecule has 130 valence electrons. The van der Waals surface area contributed by atoms with E-state index in [0.717, 1.165) is 12.0 Å². The number of amides is 1. The van der Waals surface area contributed by atoms with Crippen molar-refractivity contribution in [1.29, 1.82) is 0 Å². The van der Waals surface area contributed by atoms with E-state index >= 15 is 0 Å². The van der Waals surface area contributed by atoms with E-state index in [1.54, 1.807) is 25.3 Å². The number of aromatic nitrogens is 2. The van der Waals surface area contributed by atoms with Crippen molar-refractivity contribution in [2.24, 2.45) is 5.92 Å². The predicted molar refractivity (Wildman–Crippen MR) is 93.4 cm³/mol. The Balaban J connectivity index is 2.26. The number of nitrogens with zero attached hydrogens (tertiary/aromatic N) is 1. The molecule has 2 rings (SSSR count). The molecule has 0 unspecified atom stereocenters. The summed E-state index contributed by atoms with van der Waals surface area (Å²) in [5.74, 6) is 0.442. The van der Waals surface area contributed by atoms with Gasteiger partial charge in [-0.1, -0.05) is 31.9 Å². The summed E-state index contributed by atoms with van der Waals surface area (Å²) in [5.41, 5.74) is 1.70. The molecular formula is C17H22ClN3O3. The van der Waals surface area contributed by atoms with Crippen molar-refractivity contribution in [3.63, 3.8) is 0 Å². The van der Waals surface area contributed by atoms with Crippen LogP contribution >= 0.6 is 11.6 Å². The number of hydrogen-bond acceptors (Lipinski definition) is 4. The maximum Gasteiger partial charge on any atom is 0.255 e. The Labute approximate surface area is 146 Å². The number of H-pyrrole nitrogens is 1. The molecule has 3 N–H and O–H groups in total. The Hall–Kier alpha value is -2.05. The van der Waals surface area contributed by atoms with E-state index in [-0.39, 0.29) is 24.5 Å². The summed E-state index contributed by atoms with van der Waals surface area (Å²) in [5, 5.41) is 19.6. The summed E-state index contributed by atoms with van der Waals surface area (Å²) < 4.78 is 5.14. The average Bonchev–Trinajstić information content (AvgIpc) is 3.08. The smallest absolute Gasteiger partial charge is 0.255 e. The number of rotatable bonds is 7. The number of nitrogens with one attached hydrogen (secondary N) is 2. The third kappa shape index (κ3) is 3.88. The highest BCUT2D eigenvalue weighted by molar-refractivity contribution is 6.32. The third-order valence-corrected chi connectivity index (χ3v) is 4.46. The molecule has 6 nitrogen and oxygen atoms in total. The number of halogens is 1. The van der Waals surface area contributed by atoms with Gasteiger partial charge in [-0.05, 0) is 24.1 Å². The van der Waals surface area contributed by atoms with Gasteiger partial charge in [-0.2, -0.15) is 5.10 Å². The minimum absolute atomic E-state index is 0.109. The van der Waals surface area contributed by atoms with Crippen molar-refractivity contribution < 1.29 is 14.6 Å². The minimum atomic E-state index is -0.301. The van der Waals surface area contributed by atoms with Crippen molar-refractivity contribution >= 4 is 17.5 Å². The quantitative estimate of drug-likeness (QED) is 0.715. The van der Waals surface area contributed by atoms with Gasteiger partial charge in [0.1, 0.15) is 5.75 Å². The van der Waals surface area contributed by atoms with E-state index in [1.165, 1.54) is 6.20 Å². The summed E-state index contributed by atoms with van der Waals surface area (Å²) in [6.07, 6.45) is 2.33. The number of carbonyl (C=O) groups is 1. The maximum atomic E-state index is 12.6. The topological polar surface area (TPSA) is 87.2 Å². The first-order valence-electron chi connectivity index (χ1n) is 7.80. The zero-order chi connectivity index (χ0) is 17.7. The highest BCUT2D eigenvalue weighted by Gasteiger charge is 2.22. The van der Waals surface area contributed by atoms with Crippen LogP contribution in [0.15, 0.2) is 24.4 Å². The van der Waals surface area contributed by atoms with Crippen LogP contribution in [0, 0.1) is 5.92 Å². The van der Waals surface area contributed by atoms with E-state index in [0.29, 0.717) is 22.0 Å². The van der Waals surface area contributed by atoms with Crippen molar-refractivity contribution in [3.8, 4) is 17.0 Å². The van der Waals surface area contributed by atoms with Crippen molar-refractivity contribution in [1.82, 2.24) is 15.5 Å². The van der Waals surface area contributed by atoms with E-state index in [1.807, 2.05) is 13.8 Å². The summed E-state index contributed by atoms with van der Waals surface area (Å²) in [6.45, 7) is 3.89. The van der Waals surface area contributed by atoms with E-state index < -0.39 is 0 Å².